The van der Waals surface area contributed by atoms with E-state index in [2.05, 4.69) is 27.3 Å². The minimum Gasteiger partial charge on any atom is -0.454 e. The Labute approximate surface area is 164 Å². The zero-order valence-corrected chi connectivity index (χ0v) is 15.7. The predicted octanol–water partition coefficient (Wildman–Crippen LogP) is 2.29. The number of rotatable bonds is 2. The van der Waals surface area contributed by atoms with Crippen LogP contribution in [0.25, 0.3) is 0 Å². The van der Waals surface area contributed by atoms with Gasteiger partial charge in [-0.05, 0) is 48.6 Å². The lowest BCUT2D eigenvalue weighted by Gasteiger charge is -2.34. The molecular formula is C21H23N5O2. The van der Waals surface area contributed by atoms with Crippen LogP contribution < -0.4 is 25.4 Å². The van der Waals surface area contributed by atoms with Crippen LogP contribution in [0.3, 0.4) is 0 Å². The van der Waals surface area contributed by atoms with Crippen LogP contribution >= 0.6 is 0 Å². The lowest BCUT2D eigenvalue weighted by Crippen LogP contribution is -2.35. The first kappa shape index (κ1) is 17.1. The molecule has 1 aromatic carbocycles. The van der Waals surface area contributed by atoms with E-state index in [9.17, 15) is 5.26 Å². The summed E-state index contributed by atoms with van der Waals surface area (Å²) < 4.78 is 11.0. The number of pyridine rings is 1. The Kier molecular flexibility index (Phi) is 4.21. The molecule has 1 saturated heterocycles. The normalized spacial score (nSPS) is 20.5. The van der Waals surface area contributed by atoms with E-state index in [1.54, 1.807) is 0 Å². The summed E-state index contributed by atoms with van der Waals surface area (Å²) in [6.07, 6.45) is 2.99. The lowest BCUT2D eigenvalue weighted by atomic mass is 9.83. The number of nitrogens with two attached hydrogens (primary N) is 1. The summed E-state index contributed by atoms with van der Waals surface area (Å²) in [4.78, 5) is 6.91. The number of hydrogen-bond acceptors (Lipinski definition) is 7. The first-order chi connectivity index (χ1) is 13.7. The van der Waals surface area contributed by atoms with Gasteiger partial charge in [-0.15, -0.1) is 0 Å². The van der Waals surface area contributed by atoms with E-state index in [1.807, 2.05) is 12.1 Å². The Morgan fingerprint density at radius 1 is 1.29 bits per heavy atom. The molecule has 1 fully saturated rings. The molecule has 28 heavy (non-hydrogen) atoms. The second-order valence-corrected chi connectivity index (χ2v) is 7.58. The van der Waals surface area contributed by atoms with E-state index in [1.165, 1.54) is 5.56 Å². The van der Waals surface area contributed by atoms with Crippen molar-refractivity contribution >= 4 is 11.5 Å². The van der Waals surface area contributed by atoms with Gasteiger partial charge in [0.1, 0.15) is 11.9 Å². The van der Waals surface area contributed by atoms with Crippen molar-refractivity contribution < 1.29 is 9.47 Å². The Balaban J connectivity index is 1.54. The SMILES string of the molecule is N#Cc1c(N)nc2c(c1[C@H]1CCCNC1)CN(c1ccc3c(c1)OCO3)CC2. The number of hydrogen-bond donors (Lipinski definition) is 2. The molecule has 0 saturated carbocycles. The minimum atomic E-state index is 0.273. The second-order valence-electron chi connectivity index (χ2n) is 7.58. The van der Waals surface area contributed by atoms with Gasteiger partial charge >= 0.3 is 0 Å². The molecule has 0 radical (unpaired) electrons. The van der Waals surface area contributed by atoms with Crippen LogP contribution in [0.4, 0.5) is 11.5 Å². The molecule has 5 rings (SSSR count). The van der Waals surface area contributed by atoms with Gasteiger partial charge in [0, 0.05) is 43.5 Å². The van der Waals surface area contributed by atoms with Gasteiger partial charge < -0.3 is 25.4 Å². The van der Waals surface area contributed by atoms with Crippen LogP contribution in [-0.4, -0.2) is 31.4 Å². The summed E-state index contributed by atoms with van der Waals surface area (Å²) in [6.45, 7) is 3.77. The predicted molar refractivity (Wildman–Crippen MR) is 106 cm³/mol. The van der Waals surface area contributed by atoms with Gasteiger partial charge in [0.05, 0.1) is 5.56 Å². The minimum absolute atomic E-state index is 0.273. The van der Waals surface area contributed by atoms with Gasteiger partial charge in [0.25, 0.3) is 0 Å². The van der Waals surface area contributed by atoms with Crippen molar-refractivity contribution in [1.29, 1.82) is 5.26 Å². The summed E-state index contributed by atoms with van der Waals surface area (Å²) >= 11 is 0. The maximum atomic E-state index is 9.79. The van der Waals surface area contributed by atoms with Gasteiger partial charge in [0.2, 0.25) is 6.79 Å². The molecule has 3 aliphatic heterocycles. The van der Waals surface area contributed by atoms with Crippen LogP contribution in [0, 0.1) is 11.3 Å². The molecule has 1 aromatic heterocycles. The van der Waals surface area contributed by atoms with Crippen molar-refractivity contribution in [2.24, 2.45) is 0 Å². The van der Waals surface area contributed by atoms with E-state index in [0.717, 1.165) is 73.9 Å². The number of benzene rings is 1. The highest BCUT2D eigenvalue weighted by atomic mass is 16.7. The zero-order chi connectivity index (χ0) is 19.1. The number of ether oxygens (including phenoxy) is 2. The molecule has 0 aliphatic carbocycles. The molecule has 0 bridgehead atoms. The Hall–Kier alpha value is -2.98. The molecule has 0 amide bonds. The van der Waals surface area contributed by atoms with Crippen molar-refractivity contribution in [3.05, 3.63) is 40.6 Å². The second kappa shape index (κ2) is 6.88. The number of nitrogens with one attached hydrogen (secondary N) is 1. The summed E-state index contributed by atoms with van der Waals surface area (Å²) in [6, 6.07) is 8.39. The maximum Gasteiger partial charge on any atom is 0.231 e. The van der Waals surface area contributed by atoms with Gasteiger partial charge in [-0.3, -0.25) is 0 Å². The first-order valence-electron chi connectivity index (χ1n) is 9.81. The largest absolute Gasteiger partial charge is 0.454 e. The summed E-state index contributed by atoms with van der Waals surface area (Å²) in [5, 5.41) is 13.3. The fourth-order valence-corrected chi connectivity index (χ4v) is 4.58. The molecule has 7 nitrogen and oxygen atoms in total. The van der Waals surface area contributed by atoms with Crippen LogP contribution in [0.1, 0.15) is 41.1 Å². The molecule has 0 spiro atoms. The Bertz CT molecular complexity index is 962. The van der Waals surface area contributed by atoms with Crippen LogP contribution in [-0.2, 0) is 13.0 Å². The van der Waals surface area contributed by atoms with E-state index in [-0.39, 0.29) is 6.79 Å². The molecular weight excluding hydrogens is 354 g/mol. The van der Waals surface area contributed by atoms with Crippen molar-refractivity contribution in [3.63, 3.8) is 0 Å². The topological polar surface area (TPSA) is 96.4 Å². The van der Waals surface area contributed by atoms with Crippen molar-refractivity contribution in [1.82, 2.24) is 10.3 Å². The third-order valence-corrected chi connectivity index (χ3v) is 5.96. The number of anilines is 2. The highest BCUT2D eigenvalue weighted by Crippen LogP contribution is 2.39. The Morgan fingerprint density at radius 2 is 2.18 bits per heavy atom. The molecule has 3 N–H and O–H groups in total. The molecule has 3 aliphatic rings. The highest BCUT2D eigenvalue weighted by molar-refractivity contribution is 5.62. The van der Waals surface area contributed by atoms with Crippen molar-refractivity contribution in [3.8, 4) is 17.6 Å². The van der Waals surface area contributed by atoms with E-state index in [0.29, 0.717) is 17.3 Å². The number of aromatic nitrogens is 1. The fourth-order valence-electron chi connectivity index (χ4n) is 4.58. The average Bonchev–Trinajstić information content (AvgIpc) is 3.21. The van der Waals surface area contributed by atoms with Gasteiger partial charge in [-0.25, -0.2) is 4.98 Å². The molecule has 4 heterocycles. The molecule has 2 aromatic rings. The molecule has 7 heteroatoms. The van der Waals surface area contributed by atoms with E-state index in [4.69, 9.17) is 15.2 Å². The van der Waals surface area contributed by atoms with Crippen LogP contribution in [0.15, 0.2) is 18.2 Å². The highest BCUT2D eigenvalue weighted by Gasteiger charge is 2.30. The number of piperidine rings is 1. The van der Waals surface area contributed by atoms with E-state index < -0.39 is 0 Å². The maximum absolute atomic E-state index is 9.79. The van der Waals surface area contributed by atoms with Gasteiger partial charge in [-0.2, -0.15) is 5.26 Å². The van der Waals surface area contributed by atoms with E-state index >= 15 is 0 Å². The van der Waals surface area contributed by atoms with Gasteiger partial charge in [-0.1, -0.05) is 0 Å². The van der Waals surface area contributed by atoms with Crippen LogP contribution in [0.2, 0.25) is 0 Å². The summed E-state index contributed by atoms with van der Waals surface area (Å²) in [5.41, 5.74) is 11.1. The van der Waals surface area contributed by atoms with Crippen molar-refractivity contribution in [2.45, 2.75) is 31.7 Å². The monoisotopic (exact) mass is 377 g/mol. The van der Waals surface area contributed by atoms with Crippen LogP contribution in [0.5, 0.6) is 11.5 Å². The van der Waals surface area contributed by atoms with Gasteiger partial charge in [0.15, 0.2) is 11.5 Å². The zero-order valence-electron chi connectivity index (χ0n) is 15.7. The molecule has 0 unspecified atom stereocenters. The number of nitriles is 1. The molecule has 1 atom stereocenters. The summed E-state index contributed by atoms with van der Waals surface area (Å²) in [7, 11) is 0. The third kappa shape index (κ3) is 2.81. The number of nitrogen functional groups attached to an aromatic ring is 1. The quantitative estimate of drug-likeness (QED) is 0.829. The first-order valence-corrected chi connectivity index (χ1v) is 9.81. The summed E-state index contributed by atoms with van der Waals surface area (Å²) in [5.74, 6) is 2.25. The van der Waals surface area contributed by atoms with Crippen molar-refractivity contribution in [2.75, 3.05) is 37.1 Å². The average molecular weight is 377 g/mol. The third-order valence-electron chi connectivity index (χ3n) is 5.96. The number of fused-ring (bicyclic) bond motifs is 2. The number of nitrogens with zero attached hydrogens (tertiary/aromatic N) is 3. The lowest BCUT2D eigenvalue weighted by molar-refractivity contribution is 0.174. The smallest absolute Gasteiger partial charge is 0.231 e. The molecule has 144 valence electrons. The fraction of sp³-hybridized carbons (Fsp3) is 0.429. The Morgan fingerprint density at radius 3 is 3.00 bits per heavy atom. The standard InChI is InChI=1S/C21H23N5O2/c22-9-15-20(13-2-1-6-24-10-13)16-11-26(7-5-17(16)25-21(15)23)14-3-4-18-19(8-14)28-12-27-18/h3-4,8,13,24H,1-2,5-7,10-12H2,(H2,23,25)/t13-/m0/s1.